The Morgan fingerprint density at radius 2 is 0.950 bits per heavy atom. The van der Waals surface area contributed by atoms with E-state index in [-0.39, 0.29) is 31.6 Å². The summed E-state index contributed by atoms with van der Waals surface area (Å²) in [6.45, 7) is 20.8. The molecular formula is C39H44Zr. The van der Waals surface area contributed by atoms with E-state index in [0.717, 1.165) is 12.8 Å². The van der Waals surface area contributed by atoms with Gasteiger partial charge in [0.1, 0.15) is 0 Å². The predicted octanol–water partition coefficient (Wildman–Crippen LogP) is 11.9. The van der Waals surface area contributed by atoms with E-state index >= 15 is 0 Å². The first-order valence-electron chi connectivity index (χ1n) is 14.5. The molecule has 0 radical (unpaired) electrons. The van der Waals surface area contributed by atoms with Gasteiger partial charge in [-0.25, -0.2) is 0 Å². The summed E-state index contributed by atoms with van der Waals surface area (Å²) in [5.74, 6) is 0. The molecule has 0 aliphatic heterocycles. The molecule has 0 amide bonds. The number of hydrogen-bond donors (Lipinski definition) is 0. The third kappa shape index (κ3) is 6.06. The van der Waals surface area contributed by atoms with Gasteiger partial charge in [0.25, 0.3) is 0 Å². The van der Waals surface area contributed by atoms with Crippen LogP contribution >= 0.6 is 0 Å². The van der Waals surface area contributed by atoms with Crippen LogP contribution in [0.4, 0.5) is 0 Å². The van der Waals surface area contributed by atoms with Crippen LogP contribution in [0.3, 0.4) is 0 Å². The summed E-state index contributed by atoms with van der Waals surface area (Å²) >= 11 is 0. The second kappa shape index (κ2) is 13.9. The largest absolute Gasteiger partial charge is 4.00 e. The van der Waals surface area contributed by atoms with Gasteiger partial charge in [-0.3, -0.25) is 0 Å². The Morgan fingerprint density at radius 1 is 0.600 bits per heavy atom. The molecule has 0 bridgehead atoms. The van der Waals surface area contributed by atoms with Crippen LogP contribution in [0, 0.1) is 27.7 Å². The molecule has 6 aromatic rings. The number of fused-ring (bicyclic) bond motifs is 6. The van der Waals surface area contributed by atoms with E-state index in [1.165, 1.54) is 78.2 Å². The van der Waals surface area contributed by atoms with Crippen molar-refractivity contribution < 1.29 is 26.2 Å². The van der Waals surface area contributed by atoms with Crippen molar-refractivity contribution in [3.63, 3.8) is 0 Å². The summed E-state index contributed by atoms with van der Waals surface area (Å²) < 4.78 is 0. The number of benzene rings is 4. The topological polar surface area (TPSA) is 0 Å². The molecule has 0 saturated heterocycles. The minimum atomic E-state index is -0.119. The van der Waals surface area contributed by atoms with E-state index < -0.39 is 0 Å². The van der Waals surface area contributed by atoms with E-state index in [1.807, 2.05) is 0 Å². The summed E-state index contributed by atoms with van der Waals surface area (Å²) in [5, 5.41) is 10.8. The molecule has 0 heterocycles. The fraction of sp³-hybridized carbons (Fsp3) is 0.282. The van der Waals surface area contributed by atoms with Crippen LogP contribution in [0.25, 0.3) is 43.1 Å². The standard InChI is InChI=1S/C31H26.2C4H9.Zr/c1-19-17-23-15-13-21-9-5-7-11-25(21)27(23)29(19)31(3,4)30-20(2)18-24-16-14-22-10-6-8-12-26(22)28(24)30;2*1-3-4-2;/h5-18H,1-4H3;2*1,3-4H2,2H3;/q-2;2*-1;+4. The minimum Gasteiger partial charge on any atom is -0.343 e. The zero-order valence-electron chi connectivity index (χ0n) is 25.3. The van der Waals surface area contributed by atoms with Gasteiger partial charge in [0, 0.05) is 0 Å². The maximum atomic E-state index is 3.60. The molecule has 0 spiro atoms. The molecule has 0 nitrogen and oxygen atoms in total. The molecule has 0 fully saturated rings. The number of aryl methyl sites for hydroxylation is 2. The van der Waals surface area contributed by atoms with Gasteiger partial charge in [-0.1, -0.05) is 131 Å². The third-order valence-corrected chi connectivity index (χ3v) is 7.91. The van der Waals surface area contributed by atoms with Crippen molar-refractivity contribution in [1.29, 1.82) is 0 Å². The maximum Gasteiger partial charge on any atom is 4.00 e. The summed E-state index contributed by atoms with van der Waals surface area (Å²) in [6.07, 6.45) is 4.56. The predicted molar refractivity (Wildman–Crippen MR) is 176 cm³/mol. The number of hydrogen-bond acceptors (Lipinski definition) is 0. The Labute approximate surface area is 261 Å². The molecule has 0 unspecified atom stereocenters. The van der Waals surface area contributed by atoms with Gasteiger partial charge in [0.2, 0.25) is 0 Å². The molecule has 0 aliphatic carbocycles. The van der Waals surface area contributed by atoms with E-state index in [2.05, 4.69) is 140 Å². The van der Waals surface area contributed by atoms with Crippen LogP contribution in [-0.4, -0.2) is 0 Å². The van der Waals surface area contributed by atoms with Gasteiger partial charge in [0.05, 0.1) is 0 Å². The first-order chi connectivity index (χ1) is 18.8. The van der Waals surface area contributed by atoms with Gasteiger partial charge >= 0.3 is 26.2 Å². The normalized spacial score (nSPS) is 11.2. The van der Waals surface area contributed by atoms with Crippen molar-refractivity contribution in [2.45, 2.75) is 72.6 Å². The Bertz CT molecular complexity index is 1560. The fourth-order valence-corrected chi connectivity index (χ4v) is 6.12. The van der Waals surface area contributed by atoms with Crippen LogP contribution in [0.1, 0.15) is 75.6 Å². The number of unbranched alkanes of at least 4 members (excludes halogenated alkanes) is 2. The van der Waals surface area contributed by atoms with Gasteiger partial charge in [-0.05, 0) is 10.8 Å². The Balaban J connectivity index is 0.000000437. The summed E-state index contributed by atoms with van der Waals surface area (Å²) in [6, 6.07) is 31.4. The van der Waals surface area contributed by atoms with Gasteiger partial charge in [-0.15, -0.1) is 68.1 Å². The molecule has 204 valence electrons. The van der Waals surface area contributed by atoms with Crippen LogP contribution in [0.2, 0.25) is 0 Å². The van der Waals surface area contributed by atoms with Gasteiger partial charge < -0.3 is 13.8 Å². The average Bonchev–Trinajstić information content (AvgIpc) is 3.50. The molecule has 0 aromatic heterocycles. The average molecular weight is 604 g/mol. The monoisotopic (exact) mass is 602 g/mol. The van der Waals surface area contributed by atoms with E-state index in [1.54, 1.807) is 0 Å². The van der Waals surface area contributed by atoms with Gasteiger partial charge in [0.15, 0.2) is 0 Å². The second-order valence-corrected chi connectivity index (χ2v) is 11.2. The van der Waals surface area contributed by atoms with E-state index in [0.29, 0.717) is 0 Å². The quantitative estimate of drug-likeness (QED) is 0.176. The first-order valence-corrected chi connectivity index (χ1v) is 14.5. The Kier molecular flexibility index (Phi) is 11.1. The van der Waals surface area contributed by atoms with E-state index in [9.17, 15) is 0 Å². The molecule has 0 N–H and O–H groups in total. The maximum absolute atomic E-state index is 3.60. The van der Waals surface area contributed by atoms with Crippen molar-refractivity contribution in [1.82, 2.24) is 0 Å². The van der Waals surface area contributed by atoms with Crippen LogP contribution in [0.5, 0.6) is 0 Å². The van der Waals surface area contributed by atoms with E-state index in [4.69, 9.17) is 0 Å². The summed E-state index contributed by atoms with van der Waals surface area (Å²) in [4.78, 5) is 0. The van der Waals surface area contributed by atoms with Crippen molar-refractivity contribution in [3.8, 4) is 0 Å². The fourth-order valence-electron chi connectivity index (χ4n) is 6.12. The first kappa shape index (κ1) is 32.0. The SMILES string of the molecule is Cc1[cH-]c2ccc3ccccc3c2c1C(C)(C)c1c(C)[cH-]c2ccc3ccccc3c12.[CH2-]CCC.[CH2-]CCC.[Zr+4]. The molecule has 40 heavy (non-hydrogen) atoms. The zero-order valence-corrected chi connectivity index (χ0v) is 27.8. The number of rotatable bonds is 4. The minimum absolute atomic E-state index is 0. The molecule has 0 saturated carbocycles. The van der Waals surface area contributed by atoms with Crippen LogP contribution < -0.4 is 0 Å². The Morgan fingerprint density at radius 3 is 1.30 bits per heavy atom. The van der Waals surface area contributed by atoms with Crippen LogP contribution in [0.15, 0.2) is 84.9 Å². The molecule has 0 atom stereocenters. The molecule has 6 aromatic carbocycles. The van der Waals surface area contributed by atoms with Crippen molar-refractivity contribution in [2.75, 3.05) is 0 Å². The second-order valence-electron chi connectivity index (χ2n) is 11.2. The Hall–Kier alpha value is -2.50. The smallest absolute Gasteiger partial charge is 0.343 e. The van der Waals surface area contributed by atoms with Crippen molar-refractivity contribution in [3.05, 3.63) is 121 Å². The molecular weight excluding hydrogens is 560 g/mol. The zero-order chi connectivity index (χ0) is 28.2. The van der Waals surface area contributed by atoms with Crippen molar-refractivity contribution in [2.24, 2.45) is 0 Å². The van der Waals surface area contributed by atoms with Crippen molar-refractivity contribution >= 4 is 43.1 Å². The van der Waals surface area contributed by atoms with Crippen LogP contribution in [-0.2, 0) is 31.6 Å². The van der Waals surface area contributed by atoms with Gasteiger partial charge in [-0.2, -0.15) is 12.8 Å². The summed E-state index contributed by atoms with van der Waals surface area (Å²) in [5.41, 5.74) is 5.56. The molecule has 0 aliphatic rings. The molecule has 1 heteroatoms. The molecule has 6 rings (SSSR count). The summed E-state index contributed by atoms with van der Waals surface area (Å²) in [7, 11) is 0. The third-order valence-electron chi connectivity index (χ3n) is 7.91.